The van der Waals surface area contributed by atoms with Crippen LogP contribution in [-0.2, 0) is 0 Å². The molecule has 0 radical (unpaired) electrons. The number of hydrogen-bond donors (Lipinski definition) is 3. The van der Waals surface area contributed by atoms with Crippen LogP contribution in [0.25, 0.3) is 0 Å². The highest BCUT2D eigenvalue weighted by atomic mass is 16.6. The van der Waals surface area contributed by atoms with Gasteiger partial charge in [-0.25, -0.2) is 0 Å². The summed E-state index contributed by atoms with van der Waals surface area (Å²) in [5.41, 5.74) is -0.536. The first-order valence-electron chi connectivity index (χ1n) is 8.17. The second-order valence-electron chi connectivity index (χ2n) is 6.18. The van der Waals surface area contributed by atoms with E-state index in [0.717, 1.165) is 18.2 Å². The van der Waals surface area contributed by atoms with Crippen LogP contribution in [0.2, 0.25) is 0 Å². The fraction of sp³-hybridized carbons (Fsp3) is 0. The Bertz CT molecular complexity index is 1170. The van der Waals surface area contributed by atoms with Gasteiger partial charge in [0.25, 0.3) is 0 Å². The van der Waals surface area contributed by atoms with Crippen molar-refractivity contribution in [2.24, 2.45) is 0 Å². The SMILES string of the molecule is O=C1c2ccc([N+](=O)[O-])c(O)c2C(=O)c2cc(O)cc(Nc3ccccc3)c21. The largest absolute Gasteiger partial charge is 0.508 e. The van der Waals surface area contributed by atoms with Gasteiger partial charge in [0.1, 0.15) is 5.75 Å². The number of nitro groups is 1. The van der Waals surface area contributed by atoms with Crippen LogP contribution in [0.3, 0.4) is 0 Å². The molecule has 0 amide bonds. The van der Waals surface area contributed by atoms with Crippen LogP contribution in [-0.4, -0.2) is 26.7 Å². The lowest BCUT2D eigenvalue weighted by Gasteiger charge is -2.21. The molecule has 0 aliphatic heterocycles. The molecule has 0 spiro atoms. The van der Waals surface area contributed by atoms with Crippen LogP contribution >= 0.6 is 0 Å². The molecule has 138 valence electrons. The van der Waals surface area contributed by atoms with Gasteiger partial charge in [-0.15, -0.1) is 0 Å². The zero-order valence-electron chi connectivity index (χ0n) is 14.2. The predicted molar refractivity (Wildman–Crippen MR) is 99.5 cm³/mol. The lowest BCUT2D eigenvalue weighted by atomic mass is 9.82. The van der Waals surface area contributed by atoms with E-state index in [1.807, 2.05) is 6.07 Å². The fourth-order valence-corrected chi connectivity index (χ4v) is 3.24. The second kappa shape index (κ2) is 6.20. The molecule has 0 atom stereocenters. The number of phenols is 2. The summed E-state index contributed by atoms with van der Waals surface area (Å²) in [7, 11) is 0. The highest BCUT2D eigenvalue weighted by Crippen LogP contribution is 2.41. The summed E-state index contributed by atoms with van der Waals surface area (Å²) < 4.78 is 0. The van der Waals surface area contributed by atoms with Crippen molar-refractivity contribution in [1.82, 2.24) is 0 Å². The molecule has 0 heterocycles. The molecule has 8 heteroatoms. The van der Waals surface area contributed by atoms with E-state index >= 15 is 0 Å². The third-order valence-corrected chi connectivity index (χ3v) is 4.47. The van der Waals surface area contributed by atoms with Crippen molar-refractivity contribution >= 4 is 28.6 Å². The molecular weight excluding hydrogens is 364 g/mol. The van der Waals surface area contributed by atoms with Crippen LogP contribution in [0, 0.1) is 10.1 Å². The van der Waals surface area contributed by atoms with Crippen molar-refractivity contribution in [2.75, 3.05) is 5.32 Å². The van der Waals surface area contributed by atoms with Gasteiger partial charge in [-0.2, -0.15) is 0 Å². The van der Waals surface area contributed by atoms with Crippen LogP contribution < -0.4 is 5.32 Å². The molecule has 3 aromatic rings. The van der Waals surface area contributed by atoms with Gasteiger partial charge in [0, 0.05) is 28.9 Å². The summed E-state index contributed by atoms with van der Waals surface area (Å²) in [6.45, 7) is 0. The number of nitrogens with one attached hydrogen (secondary N) is 1. The number of fused-ring (bicyclic) bond motifs is 2. The molecule has 0 bridgehead atoms. The maximum atomic E-state index is 13.1. The van der Waals surface area contributed by atoms with Gasteiger partial charge < -0.3 is 15.5 Å². The number of phenolic OH excluding ortho intramolecular Hbond substituents is 2. The maximum Gasteiger partial charge on any atom is 0.311 e. The number of aromatic hydroxyl groups is 2. The molecule has 0 fully saturated rings. The first-order chi connectivity index (χ1) is 13.4. The highest BCUT2D eigenvalue weighted by molar-refractivity contribution is 6.31. The van der Waals surface area contributed by atoms with Gasteiger partial charge in [0.15, 0.2) is 11.6 Å². The minimum Gasteiger partial charge on any atom is -0.508 e. The van der Waals surface area contributed by atoms with Gasteiger partial charge >= 0.3 is 5.69 Å². The zero-order chi connectivity index (χ0) is 20.0. The summed E-state index contributed by atoms with van der Waals surface area (Å²) in [6.07, 6.45) is 0. The average Bonchev–Trinajstić information content (AvgIpc) is 2.66. The maximum absolute atomic E-state index is 13.1. The van der Waals surface area contributed by atoms with Gasteiger partial charge in [-0.05, 0) is 24.3 Å². The predicted octanol–water partition coefficient (Wildman–Crippen LogP) is 3.53. The molecule has 1 aliphatic rings. The number of benzene rings is 3. The number of hydrogen-bond acceptors (Lipinski definition) is 7. The Hall–Kier alpha value is -4.20. The van der Waals surface area contributed by atoms with E-state index in [9.17, 15) is 29.9 Å². The number of anilines is 2. The van der Waals surface area contributed by atoms with E-state index in [4.69, 9.17) is 0 Å². The Labute approximate surface area is 157 Å². The molecule has 28 heavy (non-hydrogen) atoms. The minimum absolute atomic E-state index is 0.0207. The smallest absolute Gasteiger partial charge is 0.311 e. The van der Waals surface area contributed by atoms with Crippen LogP contribution in [0.4, 0.5) is 17.1 Å². The summed E-state index contributed by atoms with van der Waals surface area (Å²) in [4.78, 5) is 36.2. The van der Waals surface area contributed by atoms with Crippen LogP contribution in [0.15, 0.2) is 54.6 Å². The summed E-state index contributed by atoms with van der Waals surface area (Å²) in [5.74, 6) is -2.51. The molecule has 3 N–H and O–H groups in total. The monoisotopic (exact) mass is 376 g/mol. The lowest BCUT2D eigenvalue weighted by molar-refractivity contribution is -0.385. The van der Waals surface area contributed by atoms with Gasteiger partial charge in [0.2, 0.25) is 5.75 Å². The fourth-order valence-electron chi connectivity index (χ4n) is 3.24. The number of carbonyl (C=O) groups is 2. The average molecular weight is 376 g/mol. The van der Waals surface area contributed by atoms with Crippen molar-refractivity contribution in [1.29, 1.82) is 0 Å². The zero-order valence-corrected chi connectivity index (χ0v) is 14.2. The highest BCUT2D eigenvalue weighted by Gasteiger charge is 2.37. The number of rotatable bonds is 3. The summed E-state index contributed by atoms with van der Waals surface area (Å²) >= 11 is 0. The topological polar surface area (TPSA) is 130 Å². The molecule has 8 nitrogen and oxygen atoms in total. The molecular formula is C20H12N2O6. The van der Waals surface area contributed by atoms with Crippen LogP contribution in [0.1, 0.15) is 31.8 Å². The molecule has 0 saturated heterocycles. The lowest BCUT2D eigenvalue weighted by Crippen LogP contribution is -2.22. The molecule has 3 aromatic carbocycles. The summed E-state index contributed by atoms with van der Waals surface area (Å²) in [6, 6.07) is 13.4. The normalized spacial score (nSPS) is 12.3. The number of nitrogens with zero attached hydrogens (tertiary/aromatic N) is 1. The molecule has 0 aromatic heterocycles. The van der Waals surface area contributed by atoms with Gasteiger partial charge in [-0.1, -0.05) is 18.2 Å². The standard InChI is InChI=1S/C20H12N2O6/c23-11-8-13-16(14(9-11)21-10-4-2-1-3-5-10)18(24)12-6-7-15(22(27)28)20(26)17(12)19(13)25/h1-9,21,23,26H. The van der Waals surface area contributed by atoms with Crippen molar-refractivity contribution in [3.05, 3.63) is 87.0 Å². The van der Waals surface area contributed by atoms with Crippen molar-refractivity contribution < 1.29 is 24.7 Å². The third-order valence-electron chi connectivity index (χ3n) is 4.47. The van der Waals surface area contributed by atoms with E-state index < -0.39 is 33.5 Å². The van der Waals surface area contributed by atoms with Crippen molar-refractivity contribution in [2.45, 2.75) is 0 Å². The van der Waals surface area contributed by atoms with Crippen LogP contribution in [0.5, 0.6) is 11.5 Å². The molecule has 0 saturated carbocycles. The first kappa shape index (κ1) is 17.2. The molecule has 0 unspecified atom stereocenters. The molecule has 4 rings (SSSR count). The Kier molecular flexibility index (Phi) is 3.82. The van der Waals surface area contributed by atoms with E-state index in [0.29, 0.717) is 5.69 Å². The molecule has 1 aliphatic carbocycles. The van der Waals surface area contributed by atoms with E-state index in [2.05, 4.69) is 5.32 Å². The minimum atomic E-state index is -0.868. The third kappa shape index (κ3) is 2.55. The van der Waals surface area contributed by atoms with E-state index in [1.54, 1.807) is 24.3 Å². The van der Waals surface area contributed by atoms with E-state index in [1.165, 1.54) is 6.07 Å². The summed E-state index contributed by atoms with van der Waals surface area (Å²) in [5, 5.41) is 34.3. The van der Waals surface area contributed by atoms with E-state index in [-0.39, 0.29) is 28.1 Å². The Morgan fingerprint density at radius 3 is 2.21 bits per heavy atom. The Balaban J connectivity index is 1.93. The van der Waals surface area contributed by atoms with Crippen molar-refractivity contribution in [3.63, 3.8) is 0 Å². The first-order valence-corrected chi connectivity index (χ1v) is 8.17. The van der Waals surface area contributed by atoms with Gasteiger partial charge in [0.05, 0.1) is 21.7 Å². The Morgan fingerprint density at radius 1 is 0.857 bits per heavy atom. The number of para-hydroxylation sites is 1. The number of carbonyl (C=O) groups excluding carboxylic acids is 2. The number of ketones is 2. The quantitative estimate of drug-likeness (QED) is 0.368. The van der Waals surface area contributed by atoms with Gasteiger partial charge in [-0.3, -0.25) is 19.7 Å². The van der Waals surface area contributed by atoms with Crippen molar-refractivity contribution in [3.8, 4) is 11.5 Å². The second-order valence-corrected chi connectivity index (χ2v) is 6.18. The number of nitro benzene ring substituents is 1. The Morgan fingerprint density at radius 2 is 1.54 bits per heavy atom.